The molecule has 1 aromatic heterocycles. The van der Waals surface area contributed by atoms with Crippen LogP contribution in [0, 0.1) is 16.7 Å². The molecule has 3 rings (SSSR count). The zero-order chi connectivity index (χ0) is 13.5. The quantitative estimate of drug-likeness (QED) is 0.810. The van der Waals surface area contributed by atoms with Gasteiger partial charge >= 0.3 is 0 Å². The van der Waals surface area contributed by atoms with Crippen LogP contribution in [0.25, 0.3) is 0 Å². The number of nitriles is 1. The fraction of sp³-hybridized carbons (Fsp3) is 0.600. The highest BCUT2D eigenvalue weighted by molar-refractivity contribution is 5.45. The Hall–Kier alpha value is -1.60. The summed E-state index contributed by atoms with van der Waals surface area (Å²) in [4.78, 5) is 9.27. The first-order valence-electron chi connectivity index (χ1n) is 6.97. The molecule has 0 aromatic carbocycles. The van der Waals surface area contributed by atoms with Gasteiger partial charge in [-0.3, -0.25) is 0 Å². The van der Waals surface area contributed by atoms with Crippen LogP contribution >= 0.6 is 0 Å². The Morgan fingerprint density at radius 2 is 2.11 bits per heavy atom. The molecular weight excluding hydrogens is 236 g/mol. The van der Waals surface area contributed by atoms with E-state index in [9.17, 15) is 0 Å². The highest BCUT2D eigenvalue weighted by Crippen LogP contribution is 2.41. The molecule has 1 spiro atoms. The van der Waals surface area contributed by atoms with Crippen LogP contribution in [-0.4, -0.2) is 42.1 Å². The fourth-order valence-corrected chi connectivity index (χ4v) is 3.23. The van der Waals surface area contributed by atoms with Crippen LogP contribution in [0.5, 0.6) is 0 Å². The molecule has 2 aliphatic rings. The molecule has 0 N–H and O–H groups in total. The molecule has 0 unspecified atom stereocenters. The normalized spacial score (nSPS) is 21.7. The first-order valence-corrected chi connectivity index (χ1v) is 6.97. The van der Waals surface area contributed by atoms with E-state index in [1.165, 1.54) is 19.5 Å². The van der Waals surface area contributed by atoms with E-state index in [1.807, 2.05) is 12.1 Å². The zero-order valence-electron chi connectivity index (χ0n) is 11.6. The number of likely N-dealkylation sites (tertiary alicyclic amines) is 1. The molecule has 2 fully saturated rings. The summed E-state index contributed by atoms with van der Waals surface area (Å²) in [6.45, 7) is 9.21. The maximum atomic E-state index is 8.78. The van der Waals surface area contributed by atoms with E-state index in [0.717, 1.165) is 18.9 Å². The molecule has 2 aliphatic heterocycles. The largest absolute Gasteiger partial charge is 0.355 e. The summed E-state index contributed by atoms with van der Waals surface area (Å²) in [7, 11) is 0. The van der Waals surface area contributed by atoms with Gasteiger partial charge in [0.2, 0.25) is 0 Å². The van der Waals surface area contributed by atoms with Crippen LogP contribution in [0.15, 0.2) is 18.3 Å². The third-order valence-corrected chi connectivity index (χ3v) is 4.45. The number of hydrogen-bond donors (Lipinski definition) is 0. The molecule has 4 nitrogen and oxygen atoms in total. The van der Waals surface area contributed by atoms with E-state index in [2.05, 4.69) is 34.7 Å². The Morgan fingerprint density at radius 1 is 1.32 bits per heavy atom. The Morgan fingerprint density at radius 3 is 2.63 bits per heavy atom. The van der Waals surface area contributed by atoms with E-state index in [-0.39, 0.29) is 0 Å². The summed E-state index contributed by atoms with van der Waals surface area (Å²) in [6.07, 6.45) is 2.97. The molecule has 19 heavy (non-hydrogen) atoms. The lowest BCUT2D eigenvalue weighted by atomic mass is 9.79. The zero-order valence-corrected chi connectivity index (χ0v) is 11.6. The van der Waals surface area contributed by atoms with Crippen molar-refractivity contribution in [1.29, 1.82) is 5.26 Å². The second kappa shape index (κ2) is 4.50. The molecule has 0 radical (unpaired) electrons. The lowest BCUT2D eigenvalue weighted by Crippen LogP contribution is -2.58. The summed E-state index contributed by atoms with van der Waals surface area (Å²) >= 11 is 0. The summed E-state index contributed by atoms with van der Waals surface area (Å²) in [5.41, 5.74) is 1.12. The molecular formula is C15H20N4. The van der Waals surface area contributed by atoms with Gasteiger partial charge in [0, 0.05) is 37.3 Å². The first-order chi connectivity index (χ1) is 9.12. The minimum absolute atomic E-state index is 0.486. The number of aromatic nitrogens is 1. The third-order valence-electron chi connectivity index (χ3n) is 4.45. The maximum absolute atomic E-state index is 8.78. The average Bonchev–Trinajstić information content (AvgIpc) is 2.83. The van der Waals surface area contributed by atoms with Gasteiger partial charge < -0.3 is 9.80 Å². The minimum atomic E-state index is 0.486. The minimum Gasteiger partial charge on any atom is -0.355 e. The van der Waals surface area contributed by atoms with Crippen LogP contribution in [0.3, 0.4) is 0 Å². The number of anilines is 1. The Labute approximate surface area is 114 Å². The smallest absolute Gasteiger partial charge is 0.128 e. The van der Waals surface area contributed by atoms with Crippen molar-refractivity contribution in [3.05, 3.63) is 23.9 Å². The molecule has 0 aliphatic carbocycles. The van der Waals surface area contributed by atoms with Crippen molar-refractivity contribution in [1.82, 2.24) is 9.88 Å². The van der Waals surface area contributed by atoms with Gasteiger partial charge in [0.1, 0.15) is 11.9 Å². The standard InChI is InChI=1S/C15H20N4/c1-12(2)18-6-5-15(9-18)10-19(11-15)14-4-3-13(7-16)8-17-14/h3-4,8,12H,5-6,9-11H2,1-2H3. The molecule has 4 heteroatoms. The predicted octanol–water partition coefficient (Wildman–Crippen LogP) is 1.87. The van der Waals surface area contributed by atoms with Crippen molar-refractivity contribution in [3.8, 4) is 6.07 Å². The molecule has 0 amide bonds. The van der Waals surface area contributed by atoms with Gasteiger partial charge in [0.05, 0.1) is 5.56 Å². The Kier molecular flexibility index (Phi) is 2.94. The lowest BCUT2D eigenvalue weighted by Gasteiger charge is -2.49. The van der Waals surface area contributed by atoms with Gasteiger partial charge in [-0.1, -0.05) is 0 Å². The molecule has 3 heterocycles. The number of pyridine rings is 1. The summed E-state index contributed by atoms with van der Waals surface area (Å²) in [6, 6.07) is 6.57. The van der Waals surface area contributed by atoms with Crippen LogP contribution in [0.4, 0.5) is 5.82 Å². The van der Waals surface area contributed by atoms with Crippen molar-refractivity contribution in [2.24, 2.45) is 5.41 Å². The third kappa shape index (κ3) is 2.19. The van der Waals surface area contributed by atoms with E-state index < -0.39 is 0 Å². The highest BCUT2D eigenvalue weighted by atomic mass is 15.3. The Bertz CT molecular complexity index is 494. The van der Waals surface area contributed by atoms with Gasteiger partial charge in [0.25, 0.3) is 0 Å². The van der Waals surface area contributed by atoms with Crippen molar-refractivity contribution in [2.45, 2.75) is 26.3 Å². The van der Waals surface area contributed by atoms with Gasteiger partial charge in [0.15, 0.2) is 0 Å². The van der Waals surface area contributed by atoms with E-state index in [0.29, 0.717) is 17.0 Å². The second-order valence-corrected chi connectivity index (χ2v) is 6.19. The summed E-state index contributed by atoms with van der Waals surface area (Å²) in [5.74, 6) is 1.01. The SMILES string of the molecule is CC(C)N1CCC2(CN(c3ccc(C#N)cn3)C2)C1. The van der Waals surface area contributed by atoms with E-state index in [1.54, 1.807) is 6.20 Å². The van der Waals surface area contributed by atoms with Gasteiger partial charge in [-0.2, -0.15) is 5.26 Å². The molecule has 0 bridgehead atoms. The molecule has 0 atom stereocenters. The summed E-state index contributed by atoms with van der Waals surface area (Å²) in [5, 5.41) is 8.78. The van der Waals surface area contributed by atoms with E-state index >= 15 is 0 Å². The molecule has 2 saturated heterocycles. The van der Waals surface area contributed by atoms with Crippen LogP contribution in [0.1, 0.15) is 25.8 Å². The van der Waals surface area contributed by atoms with Crippen molar-refractivity contribution in [3.63, 3.8) is 0 Å². The van der Waals surface area contributed by atoms with Gasteiger partial charge in [-0.05, 0) is 38.9 Å². The predicted molar refractivity (Wildman–Crippen MR) is 74.9 cm³/mol. The number of rotatable bonds is 2. The lowest BCUT2D eigenvalue weighted by molar-refractivity contribution is 0.185. The molecule has 100 valence electrons. The van der Waals surface area contributed by atoms with E-state index in [4.69, 9.17) is 5.26 Å². The number of hydrogen-bond acceptors (Lipinski definition) is 4. The Balaban J connectivity index is 1.62. The molecule has 1 aromatic rings. The van der Waals surface area contributed by atoms with Gasteiger partial charge in [-0.25, -0.2) is 4.98 Å². The maximum Gasteiger partial charge on any atom is 0.128 e. The monoisotopic (exact) mass is 256 g/mol. The number of nitrogens with zero attached hydrogens (tertiary/aromatic N) is 4. The van der Waals surface area contributed by atoms with Crippen molar-refractivity contribution in [2.75, 3.05) is 31.1 Å². The van der Waals surface area contributed by atoms with Crippen molar-refractivity contribution < 1.29 is 0 Å². The van der Waals surface area contributed by atoms with Crippen LogP contribution in [0.2, 0.25) is 0 Å². The topological polar surface area (TPSA) is 43.2 Å². The van der Waals surface area contributed by atoms with Gasteiger partial charge in [-0.15, -0.1) is 0 Å². The fourth-order valence-electron chi connectivity index (χ4n) is 3.23. The second-order valence-electron chi connectivity index (χ2n) is 6.19. The van der Waals surface area contributed by atoms with Crippen LogP contribution < -0.4 is 4.90 Å². The van der Waals surface area contributed by atoms with Crippen molar-refractivity contribution >= 4 is 5.82 Å². The molecule has 0 saturated carbocycles. The van der Waals surface area contributed by atoms with Crippen LogP contribution in [-0.2, 0) is 0 Å². The average molecular weight is 256 g/mol. The first kappa shape index (κ1) is 12.4. The summed E-state index contributed by atoms with van der Waals surface area (Å²) < 4.78 is 0. The highest BCUT2D eigenvalue weighted by Gasteiger charge is 2.48.